The van der Waals surface area contributed by atoms with Crippen LogP contribution in [0.2, 0.25) is 0 Å². The predicted octanol–water partition coefficient (Wildman–Crippen LogP) is 5.10. The number of halogens is 3. The second-order valence-electron chi connectivity index (χ2n) is 9.00. The van der Waals surface area contributed by atoms with Gasteiger partial charge in [-0.05, 0) is 80.3 Å². The van der Waals surface area contributed by atoms with Crippen LogP contribution in [0.5, 0.6) is 0 Å². The summed E-state index contributed by atoms with van der Waals surface area (Å²) >= 11 is 0. The highest BCUT2D eigenvalue weighted by Gasteiger charge is 2.42. The summed E-state index contributed by atoms with van der Waals surface area (Å²) in [6.45, 7) is 4.69. The van der Waals surface area contributed by atoms with Crippen molar-refractivity contribution in [1.29, 1.82) is 0 Å². The zero-order chi connectivity index (χ0) is 21.4. The summed E-state index contributed by atoms with van der Waals surface area (Å²) in [6.07, 6.45) is 4.79. The Morgan fingerprint density at radius 3 is 2.44 bits per heavy atom. The van der Waals surface area contributed by atoms with Crippen molar-refractivity contribution < 1.29 is 13.6 Å². The second-order valence-corrected chi connectivity index (χ2v) is 9.00. The van der Waals surface area contributed by atoms with Crippen molar-refractivity contribution >= 4 is 29.7 Å². The predicted molar refractivity (Wildman–Crippen MR) is 125 cm³/mol. The van der Waals surface area contributed by atoms with Gasteiger partial charge in [0.1, 0.15) is 11.6 Å². The van der Waals surface area contributed by atoms with Gasteiger partial charge in [-0.15, -0.1) is 12.4 Å². The minimum atomic E-state index is -0.246. The van der Waals surface area contributed by atoms with Crippen LogP contribution in [0.25, 0.3) is 0 Å². The smallest absolute Gasteiger partial charge is 0.222 e. The van der Waals surface area contributed by atoms with Crippen molar-refractivity contribution in [2.45, 2.75) is 44.1 Å². The van der Waals surface area contributed by atoms with Gasteiger partial charge in [-0.2, -0.15) is 0 Å². The Morgan fingerprint density at radius 1 is 0.938 bits per heavy atom. The highest BCUT2D eigenvalue weighted by molar-refractivity contribution is 5.85. The second kappa shape index (κ2) is 9.75. The minimum Gasteiger partial charge on any atom is -0.343 e. The topological polar surface area (TPSA) is 26.8 Å². The van der Waals surface area contributed by atoms with E-state index in [0.29, 0.717) is 12.3 Å². The highest BCUT2D eigenvalue weighted by atomic mass is 35.5. The number of amides is 1. The van der Waals surface area contributed by atoms with E-state index in [1.807, 2.05) is 23.1 Å². The maximum absolute atomic E-state index is 14.1. The molecular weight excluding hydrogens is 432 g/mol. The molecule has 1 amide bonds. The van der Waals surface area contributed by atoms with Gasteiger partial charge in [-0.25, -0.2) is 8.78 Å². The first-order chi connectivity index (χ1) is 15.1. The van der Waals surface area contributed by atoms with Gasteiger partial charge in [-0.1, -0.05) is 0 Å². The first-order valence-electron chi connectivity index (χ1n) is 11.4. The van der Waals surface area contributed by atoms with Gasteiger partial charge in [0.25, 0.3) is 0 Å². The molecule has 0 aliphatic carbocycles. The van der Waals surface area contributed by atoms with Gasteiger partial charge in [0.2, 0.25) is 5.91 Å². The Hall–Kier alpha value is -2.18. The molecule has 2 fully saturated rings. The molecule has 5 rings (SSSR count). The molecular formula is C25H30ClF2N3O. The van der Waals surface area contributed by atoms with Crippen molar-refractivity contribution in [3.63, 3.8) is 0 Å². The first-order valence-corrected chi connectivity index (χ1v) is 11.4. The van der Waals surface area contributed by atoms with E-state index in [4.69, 9.17) is 0 Å². The van der Waals surface area contributed by atoms with Crippen LogP contribution in [0.3, 0.4) is 0 Å². The minimum absolute atomic E-state index is 0. The van der Waals surface area contributed by atoms with Crippen molar-refractivity contribution in [3.05, 3.63) is 59.7 Å². The number of hydrogen-bond donors (Lipinski definition) is 0. The lowest BCUT2D eigenvalue weighted by Gasteiger charge is -2.39. The molecule has 0 aromatic heterocycles. The molecule has 172 valence electrons. The molecule has 3 aliphatic heterocycles. The Balaban J connectivity index is 0.00000245. The van der Waals surface area contributed by atoms with Gasteiger partial charge < -0.3 is 14.7 Å². The van der Waals surface area contributed by atoms with Crippen molar-refractivity contribution in [2.24, 2.45) is 0 Å². The molecule has 0 unspecified atom stereocenters. The molecule has 3 aliphatic rings. The molecule has 2 aromatic carbocycles. The van der Waals surface area contributed by atoms with E-state index in [2.05, 4.69) is 9.80 Å². The summed E-state index contributed by atoms with van der Waals surface area (Å²) in [4.78, 5) is 18.5. The van der Waals surface area contributed by atoms with Crippen molar-refractivity contribution in [2.75, 3.05) is 37.6 Å². The zero-order valence-corrected chi connectivity index (χ0v) is 19.0. The number of carbonyl (C=O) groups excluding carboxylic acids is 1. The van der Waals surface area contributed by atoms with Crippen LogP contribution >= 0.6 is 12.4 Å². The molecule has 32 heavy (non-hydrogen) atoms. The van der Waals surface area contributed by atoms with Gasteiger partial charge in [0, 0.05) is 55.9 Å². The lowest BCUT2D eigenvalue weighted by atomic mass is 9.89. The maximum Gasteiger partial charge on any atom is 0.222 e. The van der Waals surface area contributed by atoms with Gasteiger partial charge in [0.15, 0.2) is 0 Å². The van der Waals surface area contributed by atoms with Crippen LogP contribution in [0.4, 0.5) is 20.2 Å². The molecule has 2 atom stereocenters. The van der Waals surface area contributed by atoms with E-state index >= 15 is 0 Å². The average molecular weight is 462 g/mol. The number of benzene rings is 2. The summed E-state index contributed by atoms with van der Waals surface area (Å²) in [5.74, 6) is 0.0890. The number of hydrogen-bond acceptors (Lipinski definition) is 3. The monoisotopic (exact) mass is 461 g/mol. The van der Waals surface area contributed by atoms with Gasteiger partial charge in [-0.3, -0.25) is 4.79 Å². The van der Waals surface area contributed by atoms with E-state index in [1.165, 1.54) is 18.2 Å². The standard InChI is InChI=1S/C25H29F2N3O.ClH/c26-18-5-8-20(9-6-18)30-23-10-7-19(27)16-21(23)22-17-28(15-11-24(22)30)12-1-2-13-29-14-3-4-25(29)31;/h5-10,16,22,24H,1-4,11-15,17H2;1H/t22-,24+;/m0./s1. The molecule has 0 bridgehead atoms. The van der Waals surface area contributed by atoms with E-state index in [9.17, 15) is 13.6 Å². The van der Waals surface area contributed by atoms with Crippen molar-refractivity contribution in [3.8, 4) is 0 Å². The fourth-order valence-electron chi connectivity index (χ4n) is 5.56. The Bertz CT molecular complexity index is 955. The van der Waals surface area contributed by atoms with Crippen LogP contribution in [0.1, 0.15) is 43.6 Å². The van der Waals surface area contributed by atoms with Crippen LogP contribution in [-0.2, 0) is 4.79 Å². The SMILES string of the molecule is Cl.O=C1CCCN1CCCCN1CC[C@@H]2[C@@H](C1)c1cc(F)ccc1N2c1ccc(F)cc1. The van der Waals surface area contributed by atoms with Crippen LogP contribution in [0.15, 0.2) is 42.5 Å². The zero-order valence-electron chi connectivity index (χ0n) is 18.2. The summed E-state index contributed by atoms with van der Waals surface area (Å²) in [6, 6.07) is 11.9. The van der Waals surface area contributed by atoms with E-state index in [-0.39, 0.29) is 36.0 Å². The third kappa shape index (κ3) is 4.48. The summed E-state index contributed by atoms with van der Waals surface area (Å²) in [5, 5.41) is 0. The summed E-state index contributed by atoms with van der Waals surface area (Å²) in [5.41, 5.74) is 3.06. The Morgan fingerprint density at radius 2 is 1.69 bits per heavy atom. The molecule has 0 spiro atoms. The third-order valence-corrected chi connectivity index (χ3v) is 7.07. The number of nitrogens with zero attached hydrogens (tertiary/aromatic N) is 3. The largest absolute Gasteiger partial charge is 0.343 e. The number of piperidine rings is 1. The molecule has 0 N–H and O–H groups in total. The lowest BCUT2D eigenvalue weighted by molar-refractivity contribution is -0.127. The molecule has 3 heterocycles. The number of unbranched alkanes of at least 4 members (excludes halogenated alkanes) is 1. The normalized spacial score (nSPS) is 22.6. The van der Waals surface area contributed by atoms with E-state index < -0.39 is 0 Å². The molecule has 0 saturated carbocycles. The summed E-state index contributed by atoms with van der Waals surface area (Å²) < 4.78 is 27.6. The van der Waals surface area contributed by atoms with Crippen molar-refractivity contribution in [1.82, 2.24) is 9.80 Å². The van der Waals surface area contributed by atoms with E-state index in [1.54, 1.807) is 6.07 Å². The maximum atomic E-state index is 14.1. The number of rotatable bonds is 6. The molecule has 2 saturated heterocycles. The summed E-state index contributed by atoms with van der Waals surface area (Å²) in [7, 11) is 0. The van der Waals surface area contributed by atoms with E-state index in [0.717, 1.165) is 75.3 Å². The number of carbonyl (C=O) groups is 1. The Kier molecular flexibility index (Phi) is 7.01. The van der Waals surface area contributed by atoms with Gasteiger partial charge in [0.05, 0.1) is 0 Å². The first kappa shape index (κ1) is 23.0. The molecule has 7 heteroatoms. The number of anilines is 2. The Labute approximate surface area is 194 Å². The molecule has 2 aromatic rings. The quantitative estimate of drug-likeness (QED) is 0.560. The van der Waals surface area contributed by atoms with Crippen LogP contribution in [0, 0.1) is 11.6 Å². The number of likely N-dealkylation sites (tertiary alicyclic amines) is 2. The highest BCUT2D eigenvalue weighted by Crippen LogP contribution is 2.48. The third-order valence-electron chi connectivity index (χ3n) is 7.07. The van der Waals surface area contributed by atoms with Crippen LogP contribution in [-0.4, -0.2) is 54.5 Å². The average Bonchev–Trinajstić information content (AvgIpc) is 3.32. The number of fused-ring (bicyclic) bond motifs is 3. The molecule has 0 radical (unpaired) electrons. The van der Waals surface area contributed by atoms with Gasteiger partial charge >= 0.3 is 0 Å². The molecule has 4 nitrogen and oxygen atoms in total. The van der Waals surface area contributed by atoms with Crippen LogP contribution < -0.4 is 4.90 Å². The fourth-order valence-corrected chi connectivity index (χ4v) is 5.56. The lowest BCUT2D eigenvalue weighted by Crippen LogP contribution is -2.45. The fraction of sp³-hybridized carbons (Fsp3) is 0.480.